The summed E-state index contributed by atoms with van der Waals surface area (Å²) in [6, 6.07) is 6.02. The van der Waals surface area contributed by atoms with Crippen LogP contribution in [-0.4, -0.2) is 37.6 Å². The number of carbonyl (C=O) groups is 1. The van der Waals surface area contributed by atoms with Crippen molar-refractivity contribution in [2.45, 2.75) is 26.2 Å². The Labute approximate surface area is 120 Å². The van der Waals surface area contributed by atoms with Gasteiger partial charge in [-0.05, 0) is 31.4 Å². The largest absolute Gasteiger partial charge is 0.370 e. The molecule has 1 fully saturated rings. The van der Waals surface area contributed by atoms with Crippen LogP contribution in [0.3, 0.4) is 0 Å². The summed E-state index contributed by atoms with van der Waals surface area (Å²) < 4.78 is 0. The predicted molar refractivity (Wildman–Crippen MR) is 82.0 cm³/mol. The van der Waals surface area contributed by atoms with E-state index in [9.17, 15) is 4.79 Å². The van der Waals surface area contributed by atoms with Crippen LogP contribution in [0.15, 0.2) is 18.2 Å². The van der Waals surface area contributed by atoms with Gasteiger partial charge in [0, 0.05) is 26.7 Å². The maximum absolute atomic E-state index is 11.8. The first-order chi connectivity index (χ1) is 9.74. The van der Waals surface area contributed by atoms with E-state index in [0.717, 1.165) is 50.5 Å². The number of hydrogen-bond acceptors (Lipinski definition) is 4. The molecule has 1 unspecified atom stereocenters. The number of anilines is 2. The van der Waals surface area contributed by atoms with Gasteiger partial charge in [0.2, 0.25) is 5.91 Å². The van der Waals surface area contributed by atoms with Gasteiger partial charge in [-0.15, -0.1) is 0 Å². The second-order valence-corrected chi connectivity index (χ2v) is 5.21. The Hall–Kier alpha value is -1.78. The minimum atomic E-state index is 0.0720. The molecule has 1 atom stereocenters. The molecule has 2 rings (SSSR count). The fourth-order valence-electron chi connectivity index (χ4n) is 2.55. The average molecular weight is 276 g/mol. The van der Waals surface area contributed by atoms with E-state index in [2.05, 4.69) is 27.4 Å². The molecule has 0 aromatic carbocycles. The van der Waals surface area contributed by atoms with Gasteiger partial charge in [-0.1, -0.05) is 13.0 Å². The molecule has 0 radical (unpaired) electrons. The van der Waals surface area contributed by atoms with Crippen LogP contribution >= 0.6 is 0 Å². The first kappa shape index (κ1) is 14.6. The molecule has 2 heterocycles. The summed E-state index contributed by atoms with van der Waals surface area (Å²) in [4.78, 5) is 18.6. The van der Waals surface area contributed by atoms with Crippen molar-refractivity contribution in [2.75, 3.05) is 36.9 Å². The molecule has 5 nitrogen and oxygen atoms in total. The van der Waals surface area contributed by atoms with E-state index in [-0.39, 0.29) is 11.8 Å². The first-order valence-electron chi connectivity index (χ1n) is 7.42. The predicted octanol–water partition coefficient (Wildman–Crippen LogP) is 1.87. The SMILES string of the molecule is CCCNc1cccc(N2CCCC(C(=O)NC)C2)n1. The average Bonchev–Trinajstić information content (AvgIpc) is 2.52. The van der Waals surface area contributed by atoms with Crippen LogP contribution < -0.4 is 15.5 Å². The van der Waals surface area contributed by atoms with Gasteiger partial charge >= 0.3 is 0 Å². The van der Waals surface area contributed by atoms with Crippen LogP contribution in [0.2, 0.25) is 0 Å². The molecular weight excluding hydrogens is 252 g/mol. The number of hydrogen-bond donors (Lipinski definition) is 2. The standard InChI is InChI=1S/C15H24N4O/c1-3-9-17-13-7-4-8-14(18-13)19-10-5-6-12(11-19)15(20)16-2/h4,7-8,12H,3,5-6,9-11H2,1-2H3,(H,16,20)(H,17,18). The minimum Gasteiger partial charge on any atom is -0.370 e. The highest BCUT2D eigenvalue weighted by Gasteiger charge is 2.25. The lowest BCUT2D eigenvalue weighted by Gasteiger charge is -2.32. The second kappa shape index (κ2) is 7.12. The molecule has 1 aliphatic rings. The summed E-state index contributed by atoms with van der Waals surface area (Å²) in [5.41, 5.74) is 0. The van der Waals surface area contributed by atoms with E-state index in [1.807, 2.05) is 18.2 Å². The Morgan fingerprint density at radius 3 is 3.10 bits per heavy atom. The fourth-order valence-corrected chi connectivity index (χ4v) is 2.55. The molecule has 5 heteroatoms. The van der Waals surface area contributed by atoms with Gasteiger partial charge in [0.25, 0.3) is 0 Å². The van der Waals surface area contributed by atoms with Gasteiger partial charge in [-0.25, -0.2) is 4.98 Å². The third kappa shape index (κ3) is 3.62. The van der Waals surface area contributed by atoms with Gasteiger partial charge in [-0.3, -0.25) is 4.79 Å². The van der Waals surface area contributed by atoms with Crippen LogP contribution in [0, 0.1) is 5.92 Å². The topological polar surface area (TPSA) is 57.3 Å². The van der Waals surface area contributed by atoms with Crippen molar-refractivity contribution in [1.82, 2.24) is 10.3 Å². The molecule has 0 bridgehead atoms. The van der Waals surface area contributed by atoms with E-state index in [1.54, 1.807) is 7.05 Å². The lowest BCUT2D eigenvalue weighted by molar-refractivity contribution is -0.124. The molecule has 1 aliphatic heterocycles. The molecular formula is C15H24N4O. The molecule has 2 N–H and O–H groups in total. The van der Waals surface area contributed by atoms with Crippen molar-refractivity contribution in [3.63, 3.8) is 0 Å². The third-order valence-electron chi connectivity index (χ3n) is 3.65. The van der Waals surface area contributed by atoms with Crippen molar-refractivity contribution in [3.05, 3.63) is 18.2 Å². The van der Waals surface area contributed by atoms with E-state index in [4.69, 9.17) is 0 Å². The van der Waals surface area contributed by atoms with Crippen molar-refractivity contribution < 1.29 is 4.79 Å². The summed E-state index contributed by atoms with van der Waals surface area (Å²) in [6.07, 6.45) is 3.07. The molecule has 1 aromatic rings. The van der Waals surface area contributed by atoms with E-state index in [1.165, 1.54) is 0 Å². The van der Waals surface area contributed by atoms with E-state index >= 15 is 0 Å². The number of nitrogens with one attached hydrogen (secondary N) is 2. The van der Waals surface area contributed by atoms with Crippen LogP contribution in [0.5, 0.6) is 0 Å². The Kier molecular flexibility index (Phi) is 5.21. The molecule has 0 spiro atoms. The zero-order chi connectivity index (χ0) is 14.4. The van der Waals surface area contributed by atoms with Crippen molar-refractivity contribution in [1.29, 1.82) is 0 Å². The van der Waals surface area contributed by atoms with E-state index < -0.39 is 0 Å². The van der Waals surface area contributed by atoms with Crippen LogP contribution in [0.1, 0.15) is 26.2 Å². The first-order valence-corrected chi connectivity index (χ1v) is 7.42. The normalized spacial score (nSPS) is 18.7. The van der Waals surface area contributed by atoms with Crippen molar-refractivity contribution >= 4 is 17.5 Å². The lowest BCUT2D eigenvalue weighted by atomic mass is 9.97. The number of piperidine rings is 1. The third-order valence-corrected chi connectivity index (χ3v) is 3.65. The minimum absolute atomic E-state index is 0.0720. The van der Waals surface area contributed by atoms with Gasteiger partial charge < -0.3 is 15.5 Å². The number of nitrogens with zero attached hydrogens (tertiary/aromatic N) is 2. The molecule has 1 amide bonds. The van der Waals surface area contributed by atoms with E-state index in [0.29, 0.717) is 0 Å². The zero-order valence-corrected chi connectivity index (χ0v) is 12.4. The van der Waals surface area contributed by atoms with Crippen LogP contribution in [0.25, 0.3) is 0 Å². The Bertz CT molecular complexity index is 449. The fraction of sp³-hybridized carbons (Fsp3) is 0.600. The van der Waals surface area contributed by atoms with Gasteiger partial charge in [0.1, 0.15) is 11.6 Å². The summed E-state index contributed by atoms with van der Waals surface area (Å²) in [5, 5.41) is 6.05. The van der Waals surface area contributed by atoms with Gasteiger partial charge in [0.15, 0.2) is 0 Å². The molecule has 0 saturated carbocycles. The molecule has 0 aliphatic carbocycles. The maximum Gasteiger partial charge on any atom is 0.224 e. The summed E-state index contributed by atoms with van der Waals surface area (Å²) in [6.45, 7) is 4.79. The monoisotopic (exact) mass is 276 g/mol. The van der Waals surface area contributed by atoms with Crippen LogP contribution in [-0.2, 0) is 4.79 Å². The van der Waals surface area contributed by atoms with Gasteiger partial charge in [-0.2, -0.15) is 0 Å². The Morgan fingerprint density at radius 2 is 2.35 bits per heavy atom. The van der Waals surface area contributed by atoms with Crippen LogP contribution in [0.4, 0.5) is 11.6 Å². The summed E-state index contributed by atoms with van der Waals surface area (Å²) >= 11 is 0. The zero-order valence-electron chi connectivity index (χ0n) is 12.4. The summed E-state index contributed by atoms with van der Waals surface area (Å²) in [7, 11) is 1.70. The molecule has 1 aromatic heterocycles. The number of pyridine rings is 1. The van der Waals surface area contributed by atoms with Crippen molar-refractivity contribution in [2.24, 2.45) is 5.92 Å². The lowest BCUT2D eigenvalue weighted by Crippen LogP contribution is -2.42. The number of rotatable bonds is 5. The maximum atomic E-state index is 11.8. The highest BCUT2D eigenvalue weighted by Crippen LogP contribution is 2.22. The Balaban J connectivity index is 2.04. The van der Waals surface area contributed by atoms with Gasteiger partial charge in [0.05, 0.1) is 5.92 Å². The highest BCUT2D eigenvalue weighted by atomic mass is 16.1. The van der Waals surface area contributed by atoms with Crippen molar-refractivity contribution in [3.8, 4) is 0 Å². The smallest absolute Gasteiger partial charge is 0.224 e. The molecule has 110 valence electrons. The Morgan fingerprint density at radius 1 is 1.50 bits per heavy atom. The number of carbonyl (C=O) groups excluding carboxylic acids is 1. The summed E-state index contributed by atoms with van der Waals surface area (Å²) in [5.74, 6) is 2.07. The number of aromatic nitrogens is 1. The highest BCUT2D eigenvalue weighted by molar-refractivity contribution is 5.79. The molecule has 20 heavy (non-hydrogen) atoms. The quantitative estimate of drug-likeness (QED) is 0.862. The molecule has 1 saturated heterocycles. The number of amides is 1. The second-order valence-electron chi connectivity index (χ2n) is 5.21.